The number of guanidine groups is 1. The van der Waals surface area contributed by atoms with Crippen molar-refractivity contribution in [2.24, 2.45) is 4.99 Å². The van der Waals surface area contributed by atoms with Crippen LogP contribution in [0.4, 0.5) is 0 Å². The fourth-order valence-corrected chi connectivity index (χ4v) is 4.02. The first-order valence-corrected chi connectivity index (χ1v) is 11.2. The summed E-state index contributed by atoms with van der Waals surface area (Å²) in [7, 11) is 0. The fourth-order valence-electron chi connectivity index (χ4n) is 4.02. The van der Waals surface area contributed by atoms with Crippen molar-refractivity contribution in [1.82, 2.24) is 20.4 Å². The standard InChI is InChI=1S/C23H41N5O/c1-6-24-23(25-12-14-28(18(2)3)19(4)5)26-15-22(29)17-27-13-11-20-9-7-8-10-21(20)16-27/h7-10,18-19,22,29H,6,11-17H2,1-5H3,(H2,24,25,26). The van der Waals surface area contributed by atoms with E-state index in [1.165, 1.54) is 11.1 Å². The molecule has 3 N–H and O–H groups in total. The number of nitrogens with one attached hydrogen (secondary N) is 2. The molecule has 0 saturated heterocycles. The van der Waals surface area contributed by atoms with Crippen LogP contribution in [0.1, 0.15) is 45.7 Å². The molecule has 1 aromatic rings. The summed E-state index contributed by atoms with van der Waals surface area (Å²) < 4.78 is 0. The Hall–Kier alpha value is -1.63. The molecule has 0 aliphatic carbocycles. The molecular weight excluding hydrogens is 362 g/mol. The Morgan fingerprint density at radius 3 is 2.48 bits per heavy atom. The zero-order chi connectivity index (χ0) is 21.2. The Bertz CT molecular complexity index is 623. The smallest absolute Gasteiger partial charge is 0.191 e. The lowest BCUT2D eigenvalue weighted by Gasteiger charge is -2.31. The number of benzene rings is 1. The minimum atomic E-state index is -0.460. The first-order valence-electron chi connectivity index (χ1n) is 11.2. The first-order chi connectivity index (χ1) is 13.9. The lowest BCUT2D eigenvalue weighted by molar-refractivity contribution is 0.111. The van der Waals surface area contributed by atoms with Crippen LogP contribution >= 0.6 is 0 Å². The molecule has 0 spiro atoms. The molecule has 0 bridgehead atoms. The van der Waals surface area contributed by atoms with Gasteiger partial charge in [0.25, 0.3) is 0 Å². The van der Waals surface area contributed by atoms with E-state index in [0.717, 1.165) is 45.1 Å². The molecule has 0 fully saturated rings. The predicted molar refractivity (Wildman–Crippen MR) is 122 cm³/mol. The second kappa shape index (κ2) is 12.2. The van der Waals surface area contributed by atoms with Gasteiger partial charge in [0.15, 0.2) is 5.96 Å². The van der Waals surface area contributed by atoms with Crippen LogP contribution < -0.4 is 10.6 Å². The number of aliphatic hydroxyl groups is 1. The van der Waals surface area contributed by atoms with Crippen molar-refractivity contribution in [3.05, 3.63) is 35.4 Å². The van der Waals surface area contributed by atoms with Crippen LogP contribution in [0.15, 0.2) is 29.3 Å². The normalized spacial score (nSPS) is 16.4. The highest BCUT2D eigenvalue weighted by Crippen LogP contribution is 2.18. The molecule has 0 amide bonds. The molecule has 1 aliphatic heterocycles. The summed E-state index contributed by atoms with van der Waals surface area (Å²) in [6.45, 7) is 16.6. The van der Waals surface area contributed by atoms with Crippen molar-refractivity contribution in [2.75, 3.05) is 39.3 Å². The van der Waals surface area contributed by atoms with E-state index >= 15 is 0 Å². The summed E-state index contributed by atoms with van der Waals surface area (Å²) in [4.78, 5) is 9.39. The number of nitrogens with zero attached hydrogens (tertiary/aromatic N) is 3. The Labute approximate surface area is 177 Å². The summed E-state index contributed by atoms with van der Waals surface area (Å²) >= 11 is 0. The minimum Gasteiger partial charge on any atom is -0.390 e. The minimum absolute atomic E-state index is 0.408. The van der Waals surface area contributed by atoms with E-state index in [2.05, 4.69) is 84.3 Å². The van der Waals surface area contributed by atoms with Crippen LogP contribution in [0.3, 0.4) is 0 Å². The third kappa shape index (κ3) is 7.96. The highest BCUT2D eigenvalue weighted by molar-refractivity contribution is 5.79. The number of aliphatic hydroxyl groups excluding tert-OH is 1. The van der Waals surface area contributed by atoms with Crippen molar-refractivity contribution in [3.8, 4) is 0 Å². The Balaban J connectivity index is 1.80. The van der Waals surface area contributed by atoms with E-state index in [4.69, 9.17) is 0 Å². The van der Waals surface area contributed by atoms with Crippen LogP contribution in [0.2, 0.25) is 0 Å². The summed E-state index contributed by atoms with van der Waals surface area (Å²) in [5.41, 5.74) is 2.82. The molecule has 0 radical (unpaired) electrons. The molecule has 1 atom stereocenters. The van der Waals surface area contributed by atoms with Gasteiger partial charge in [0, 0.05) is 51.4 Å². The largest absolute Gasteiger partial charge is 0.390 e. The molecule has 29 heavy (non-hydrogen) atoms. The molecule has 1 unspecified atom stereocenters. The summed E-state index contributed by atoms with van der Waals surface area (Å²) in [6, 6.07) is 9.64. The van der Waals surface area contributed by atoms with Crippen molar-refractivity contribution in [2.45, 2.75) is 65.8 Å². The topological polar surface area (TPSA) is 63.1 Å². The van der Waals surface area contributed by atoms with Gasteiger partial charge in [-0.05, 0) is 52.2 Å². The Kier molecular flexibility index (Phi) is 9.91. The molecule has 1 aliphatic rings. The van der Waals surface area contributed by atoms with E-state index in [-0.39, 0.29) is 0 Å². The number of β-amino-alcohol motifs (C(OH)–C–C–N with tert-alkyl or cyclic N) is 1. The van der Waals surface area contributed by atoms with Gasteiger partial charge < -0.3 is 15.7 Å². The second-order valence-electron chi connectivity index (χ2n) is 8.48. The van der Waals surface area contributed by atoms with Gasteiger partial charge in [-0.3, -0.25) is 14.8 Å². The number of hydrogen-bond donors (Lipinski definition) is 3. The summed E-state index contributed by atoms with van der Waals surface area (Å²) in [6.07, 6.45) is 0.594. The summed E-state index contributed by atoms with van der Waals surface area (Å²) in [5, 5.41) is 17.2. The third-order valence-corrected chi connectivity index (χ3v) is 5.47. The molecule has 1 heterocycles. The van der Waals surface area contributed by atoms with Gasteiger partial charge in [0.2, 0.25) is 0 Å². The lowest BCUT2D eigenvalue weighted by atomic mass is 10.00. The van der Waals surface area contributed by atoms with Gasteiger partial charge in [-0.1, -0.05) is 24.3 Å². The number of aliphatic imine (C=N–C) groups is 1. The van der Waals surface area contributed by atoms with E-state index in [9.17, 15) is 5.11 Å². The highest BCUT2D eigenvalue weighted by atomic mass is 16.3. The van der Waals surface area contributed by atoms with Gasteiger partial charge in [-0.15, -0.1) is 0 Å². The summed E-state index contributed by atoms with van der Waals surface area (Å²) in [5.74, 6) is 0.781. The molecular formula is C23H41N5O. The average molecular weight is 404 g/mol. The maximum absolute atomic E-state index is 10.5. The van der Waals surface area contributed by atoms with E-state index in [1.54, 1.807) is 0 Å². The third-order valence-electron chi connectivity index (χ3n) is 5.47. The van der Waals surface area contributed by atoms with Gasteiger partial charge in [-0.25, -0.2) is 0 Å². The van der Waals surface area contributed by atoms with E-state index < -0.39 is 6.10 Å². The van der Waals surface area contributed by atoms with Crippen LogP contribution in [-0.2, 0) is 13.0 Å². The number of fused-ring (bicyclic) bond motifs is 1. The molecule has 0 aromatic heterocycles. The van der Waals surface area contributed by atoms with Gasteiger partial charge in [-0.2, -0.15) is 0 Å². The zero-order valence-electron chi connectivity index (χ0n) is 19.0. The Morgan fingerprint density at radius 1 is 1.14 bits per heavy atom. The van der Waals surface area contributed by atoms with E-state index in [1.807, 2.05) is 0 Å². The van der Waals surface area contributed by atoms with Crippen molar-refractivity contribution in [1.29, 1.82) is 0 Å². The van der Waals surface area contributed by atoms with Crippen molar-refractivity contribution < 1.29 is 5.11 Å². The van der Waals surface area contributed by atoms with Crippen molar-refractivity contribution >= 4 is 5.96 Å². The van der Waals surface area contributed by atoms with Gasteiger partial charge in [0.05, 0.1) is 12.6 Å². The quantitative estimate of drug-likeness (QED) is 0.412. The maximum Gasteiger partial charge on any atom is 0.191 e. The van der Waals surface area contributed by atoms with Crippen LogP contribution in [0.25, 0.3) is 0 Å². The molecule has 1 aromatic carbocycles. The van der Waals surface area contributed by atoms with Crippen LogP contribution in [-0.4, -0.2) is 78.3 Å². The molecule has 6 nitrogen and oxygen atoms in total. The molecule has 2 rings (SSSR count). The average Bonchev–Trinajstić information content (AvgIpc) is 2.68. The maximum atomic E-state index is 10.5. The fraction of sp³-hybridized carbons (Fsp3) is 0.696. The second-order valence-corrected chi connectivity index (χ2v) is 8.48. The lowest BCUT2D eigenvalue weighted by Crippen LogP contribution is -2.45. The molecule has 0 saturated carbocycles. The Morgan fingerprint density at radius 2 is 1.83 bits per heavy atom. The molecule has 6 heteroatoms. The number of rotatable bonds is 10. The van der Waals surface area contributed by atoms with E-state index in [0.29, 0.717) is 25.2 Å². The van der Waals surface area contributed by atoms with Crippen molar-refractivity contribution in [3.63, 3.8) is 0 Å². The SMILES string of the molecule is CCNC(=NCC(O)CN1CCc2ccccc2C1)NCCN(C(C)C)C(C)C. The van der Waals surface area contributed by atoms with Crippen LogP contribution in [0, 0.1) is 0 Å². The first kappa shape index (κ1) is 23.6. The van der Waals surface area contributed by atoms with Gasteiger partial charge in [0.1, 0.15) is 0 Å². The number of hydrogen-bond acceptors (Lipinski definition) is 4. The predicted octanol–water partition coefficient (Wildman–Crippen LogP) is 2.08. The monoisotopic (exact) mass is 403 g/mol. The zero-order valence-corrected chi connectivity index (χ0v) is 19.0. The van der Waals surface area contributed by atoms with Gasteiger partial charge >= 0.3 is 0 Å². The molecule has 164 valence electrons. The van der Waals surface area contributed by atoms with Crippen LogP contribution in [0.5, 0.6) is 0 Å². The highest BCUT2D eigenvalue weighted by Gasteiger charge is 2.18.